The smallest absolute Gasteiger partial charge is 0.387 e. The number of methoxy groups -OCH3 is 1. The summed E-state index contributed by atoms with van der Waals surface area (Å²) in [7, 11) is 1.45. The van der Waals surface area contributed by atoms with Gasteiger partial charge in [0, 0.05) is 24.8 Å². The molecule has 1 aliphatic rings. The molecule has 31 heavy (non-hydrogen) atoms. The second kappa shape index (κ2) is 9.07. The molecule has 162 valence electrons. The average Bonchev–Trinajstić information content (AvgIpc) is 3.30. The van der Waals surface area contributed by atoms with Crippen LogP contribution in [0.2, 0.25) is 0 Å². The lowest BCUT2D eigenvalue weighted by atomic mass is 10.1. The van der Waals surface area contributed by atoms with E-state index in [1.54, 1.807) is 24.4 Å². The molecular formula is C21H20F3N5O2. The lowest BCUT2D eigenvalue weighted by Gasteiger charge is -2.17. The summed E-state index contributed by atoms with van der Waals surface area (Å²) in [5.41, 5.74) is 1.78. The average molecular weight is 431 g/mol. The fraction of sp³-hybridized carbons (Fsp3) is 0.286. The van der Waals surface area contributed by atoms with Crippen molar-refractivity contribution in [1.29, 1.82) is 0 Å². The molecule has 1 saturated heterocycles. The molecule has 0 saturated carbocycles. The van der Waals surface area contributed by atoms with Crippen molar-refractivity contribution in [3.05, 3.63) is 48.5 Å². The fourth-order valence-electron chi connectivity index (χ4n) is 3.33. The van der Waals surface area contributed by atoms with Gasteiger partial charge in [-0.1, -0.05) is 12.1 Å². The standard InChI is InChI=1S/C21H20F3N5O2/c1-30-19-17(27-18-16(22)12-26-21(28-18)29-8-2-3-9-29)10-14(11-25-19)13-4-6-15(7-5-13)31-20(23)24/h4-7,10-12,20H,2-3,8-9H2,1H3,(H,26,27,28). The zero-order chi connectivity index (χ0) is 21.8. The van der Waals surface area contributed by atoms with Crippen LogP contribution in [0.15, 0.2) is 42.7 Å². The van der Waals surface area contributed by atoms with E-state index in [1.807, 2.05) is 4.90 Å². The first kappa shape index (κ1) is 20.7. The molecule has 0 radical (unpaired) electrons. The van der Waals surface area contributed by atoms with Crippen LogP contribution < -0.4 is 19.7 Å². The summed E-state index contributed by atoms with van der Waals surface area (Å²) >= 11 is 0. The quantitative estimate of drug-likeness (QED) is 0.585. The summed E-state index contributed by atoms with van der Waals surface area (Å²) < 4.78 is 48.8. The number of ether oxygens (including phenoxy) is 2. The largest absolute Gasteiger partial charge is 0.480 e. The van der Waals surface area contributed by atoms with Gasteiger partial charge in [0.25, 0.3) is 0 Å². The van der Waals surface area contributed by atoms with Gasteiger partial charge in [0.05, 0.1) is 13.3 Å². The molecule has 4 rings (SSSR count). The SMILES string of the molecule is COc1ncc(-c2ccc(OC(F)F)cc2)cc1Nc1nc(N2CCCC2)ncc1F. The zero-order valence-corrected chi connectivity index (χ0v) is 16.7. The highest BCUT2D eigenvalue weighted by Crippen LogP contribution is 2.32. The molecule has 1 N–H and O–H groups in total. The van der Waals surface area contributed by atoms with Crippen LogP contribution in [0.4, 0.5) is 30.6 Å². The first-order chi connectivity index (χ1) is 15.0. The predicted molar refractivity (Wildman–Crippen MR) is 110 cm³/mol. The number of hydrogen-bond donors (Lipinski definition) is 1. The molecule has 3 aromatic rings. The lowest BCUT2D eigenvalue weighted by Crippen LogP contribution is -2.21. The van der Waals surface area contributed by atoms with Crippen molar-refractivity contribution in [3.63, 3.8) is 0 Å². The van der Waals surface area contributed by atoms with Crippen LogP contribution in [0.5, 0.6) is 11.6 Å². The molecule has 1 aliphatic heterocycles. The van der Waals surface area contributed by atoms with Crippen molar-refractivity contribution in [3.8, 4) is 22.8 Å². The van der Waals surface area contributed by atoms with E-state index in [4.69, 9.17) is 4.74 Å². The Morgan fingerprint density at radius 1 is 1.03 bits per heavy atom. The first-order valence-corrected chi connectivity index (χ1v) is 9.67. The highest BCUT2D eigenvalue weighted by molar-refractivity contribution is 5.72. The van der Waals surface area contributed by atoms with E-state index in [0.29, 0.717) is 22.8 Å². The highest BCUT2D eigenvalue weighted by Gasteiger charge is 2.18. The number of aromatic nitrogens is 3. The van der Waals surface area contributed by atoms with Gasteiger partial charge >= 0.3 is 6.61 Å². The van der Waals surface area contributed by atoms with Gasteiger partial charge in [0.1, 0.15) is 11.4 Å². The minimum absolute atomic E-state index is 0.00910. The van der Waals surface area contributed by atoms with Crippen molar-refractivity contribution in [1.82, 2.24) is 15.0 Å². The van der Waals surface area contributed by atoms with E-state index >= 15 is 0 Å². The topological polar surface area (TPSA) is 72.4 Å². The van der Waals surface area contributed by atoms with Crippen molar-refractivity contribution in [2.75, 3.05) is 30.4 Å². The summed E-state index contributed by atoms with van der Waals surface area (Å²) in [6, 6.07) is 7.84. The van der Waals surface area contributed by atoms with Crippen molar-refractivity contribution in [2.24, 2.45) is 0 Å². The molecule has 0 amide bonds. The van der Waals surface area contributed by atoms with Gasteiger partial charge < -0.3 is 19.7 Å². The Kier molecular flexibility index (Phi) is 6.06. The zero-order valence-electron chi connectivity index (χ0n) is 16.7. The van der Waals surface area contributed by atoms with Crippen molar-refractivity contribution >= 4 is 17.5 Å². The highest BCUT2D eigenvalue weighted by atomic mass is 19.3. The number of anilines is 3. The van der Waals surface area contributed by atoms with Crippen LogP contribution >= 0.6 is 0 Å². The third-order valence-electron chi connectivity index (χ3n) is 4.83. The van der Waals surface area contributed by atoms with Gasteiger partial charge in [0.15, 0.2) is 11.6 Å². The maximum atomic E-state index is 14.4. The molecule has 3 heterocycles. The Hall–Kier alpha value is -3.56. The number of nitrogens with zero attached hydrogens (tertiary/aromatic N) is 4. The second-order valence-electron chi connectivity index (χ2n) is 6.87. The van der Waals surface area contributed by atoms with Crippen LogP contribution in [0.25, 0.3) is 11.1 Å². The molecule has 1 fully saturated rings. The Morgan fingerprint density at radius 2 is 1.77 bits per heavy atom. The molecular weight excluding hydrogens is 411 g/mol. The van der Waals surface area contributed by atoms with E-state index in [2.05, 4.69) is 25.0 Å². The van der Waals surface area contributed by atoms with Gasteiger partial charge in [-0.15, -0.1) is 0 Å². The van der Waals surface area contributed by atoms with Crippen LogP contribution in [-0.2, 0) is 0 Å². The van der Waals surface area contributed by atoms with E-state index in [0.717, 1.165) is 32.1 Å². The van der Waals surface area contributed by atoms with Crippen LogP contribution in [0.1, 0.15) is 12.8 Å². The minimum Gasteiger partial charge on any atom is -0.480 e. The number of rotatable bonds is 7. The molecule has 10 heteroatoms. The number of nitrogens with one attached hydrogen (secondary N) is 1. The van der Waals surface area contributed by atoms with Crippen molar-refractivity contribution in [2.45, 2.75) is 19.5 Å². The number of benzene rings is 1. The Labute approximate surface area is 176 Å². The molecule has 1 aromatic carbocycles. The van der Waals surface area contributed by atoms with Crippen LogP contribution in [0, 0.1) is 5.82 Å². The van der Waals surface area contributed by atoms with Gasteiger partial charge in [-0.3, -0.25) is 0 Å². The summed E-state index contributed by atoms with van der Waals surface area (Å²) in [6.45, 7) is -1.23. The first-order valence-electron chi connectivity index (χ1n) is 9.67. The van der Waals surface area contributed by atoms with E-state index in [1.165, 1.54) is 19.2 Å². The maximum absolute atomic E-state index is 14.4. The number of hydrogen-bond acceptors (Lipinski definition) is 7. The Balaban J connectivity index is 1.62. The van der Waals surface area contributed by atoms with Crippen LogP contribution in [0.3, 0.4) is 0 Å². The second-order valence-corrected chi connectivity index (χ2v) is 6.87. The summed E-state index contributed by atoms with van der Waals surface area (Å²) in [5.74, 6) is 0.163. The molecule has 2 aromatic heterocycles. The third kappa shape index (κ3) is 4.79. The van der Waals surface area contributed by atoms with Crippen molar-refractivity contribution < 1.29 is 22.6 Å². The normalized spacial score (nSPS) is 13.5. The van der Waals surface area contributed by atoms with Crippen LogP contribution in [-0.4, -0.2) is 41.8 Å². The van der Waals surface area contributed by atoms with E-state index in [-0.39, 0.29) is 17.4 Å². The third-order valence-corrected chi connectivity index (χ3v) is 4.83. The van der Waals surface area contributed by atoms with E-state index < -0.39 is 12.4 Å². The molecule has 0 spiro atoms. The molecule has 0 aliphatic carbocycles. The molecule has 0 bridgehead atoms. The Morgan fingerprint density at radius 3 is 2.45 bits per heavy atom. The Bertz CT molecular complexity index is 1040. The van der Waals surface area contributed by atoms with Gasteiger partial charge in [-0.2, -0.15) is 13.8 Å². The summed E-state index contributed by atoms with van der Waals surface area (Å²) in [4.78, 5) is 14.7. The predicted octanol–water partition coefficient (Wildman–Crippen LogP) is 4.63. The van der Waals surface area contributed by atoms with E-state index in [9.17, 15) is 13.2 Å². The van der Waals surface area contributed by atoms with Gasteiger partial charge in [-0.05, 0) is 36.6 Å². The molecule has 0 atom stereocenters. The van der Waals surface area contributed by atoms with Gasteiger partial charge in [-0.25, -0.2) is 14.4 Å². The number of halogens is 3. The summed E-state index contributed by atoms with van der Waals surface area (Å²) in [6.07, 6.45) is 4.79. The number of alkyl halides is 2. The monoisotopic (exact) mass is 431 g/mol. The summed E-state index contributed by atoms with van der Waals surface area (Å²) in [5, 5.41) is 2.94. The molecule has 7 nitrogen and oxygen atoms in total. The lowest BCUT2D eigenvalue weighted by molar-refractivity contribution is -0.0498. The maximum Gasteiger partial charge on any atom is 0.387 e. The molecule has 0 unspecified atom stereocenters. The number of pyridine rings is 1. The fourth-order valence-corrected chi connectivity index (χ4v) is 3.33. The minimum atomic E-state index is -2.89. The van der Waals surface area contributed by atoms with Gasteiger partial charge in [0.2, 0.25) is 11.8 Å².